The number of carbonyl (C=O) groups is 11. The molecule has 12 atom stereocenters. The van der Waals surface area contributed by atoms with Gasteiger partial charge in [-0.15, -0.1) is 0 Å². The topological polar surface area (TPSA) is 526 Å². The van der Waals surface area contributed by atoms with E-state index in [2.05, 4.69) is 42.2 Å². The van der Waals surface area contributed by atoms with Crippen molar-refractivity contribution in [1.82, 2.24) is 47.1 Å². The quantitative estimate of drug-likeness (QED) is 0.0286. The lowest BCUT2D eigenvalue weighted by Gasteiger charge is -2.32. The molecule has 17 N–H and O–H groups in total. The molecular weight excluding hydrogens is 1390 g/mol. The summed E-state index contributed by atoms with van der Waals surface area (Å²) in [5.74, 6) is -15.4. The number of amides is 8. The van der Waals surface area contributed by atoms with Crippen molar-refractivity contribution in [3.63, 3.8) is 0 Å². The first kappa shape index (κ1) is 86.2. The highest BCUT2D eigenvalue weighted by atomic mass is 32.2. The number of primary amides is 1. The number of phenols is 1. The smallest absolute Gasteiger partial charge is 0.304 e. The van der Waals surface area contributed by atoms with Crippen LogP contribution in [0.4, 0.5) is 0 Å². The van der Waals surface area contributed by atoms with E-state index >= 15 is 4.21 Å². The van der Waals surface area contributed by atoms with Crippen LogP contribution in [0.25, 0.3) is 10.9 Å². The molecule has 3 unspecified atom stereocenters. The van der Waals surface area contributed by atoms with Crippen LogP contribution in [-0.4, -0.2) is 284 Å². The summed E-state index contributed by atoms with van der Waals surface area (Å²) in [6, 6.07) is -4.17. The maximum Gasteiger partial charge on any atom is 0.304 e. The van der Waals surface area contributed by atoms with E-state index in [0.717, 1.165) is 4.90 Å². The molecule has 0 spiro atoms. The number of carboxylic acid groups (broad SMARTS) is 1. The van der Waals surface area contributed by atoms with Crippen LogP contribution in [0.1, 0.15) is 77.3 Å². The van der Waals surface area contributed by atoms with Crippen molar-refractivity contribution in [2.24, 2.45) is 41.1 Å². The number of nitrogens with two attached hydrogens (primary N) is 2. The Bertz CT molecular complexity index is 3220. The molecule has 5 rings (SSSR count). The Morgan fingerprint density at radius 2 is 1.38 bits per heavy atom. The molecule has 8 amide bonds. The van der Waals surface area contributed by atoms with Crippen LogP contribution < -0.4 is 48.7 Å². The van der Waals surface area contributed by atoms with Gasteiger partial charge in [0.15, 0.2) is 11.6 Å². The third kappa shape index (κ3) is 29.2. The van der Waals surface area contributed by atoms with E-state index in [0.29, 0.717) is 103 Å². The van der Waals surface area contributed by atoms with E-state index in [9.17, 15) is 73.2 Å². The molecule has 0 aliphatic carbocycles. The maximum absolute atomic E-state index is 15.3. The molecule has 2 bridgehead atoms. The molecule has 0 radical (unpaired) electrons. The van der Waals surface area contributed by atoms with Crippen LogP contribution in [0.5, 0.6) is 5.75 Å². The van der Waals surface area contributed by atoms with Crippen molar-refractivity contribution in [2.75, 3.05) is 143 Å². The van der Waals surface area contributed by atoms with Gasteiger partial charge in [-0.05, 0) is 30.0 Å². The molecule has 1 aromatic carbocycles. The lowest BCUT2D eigenvalue weighted by Crippen LogP contribution is -2.60. The number of aliphatic hydroxyl groups is 3. The number of hydrogen-bond donors (Lipinski definition) is 15. The summed E-state index contributed by atoms with van der Waals surface area (Å²) in [6.45, 7) is 8.75. The number of aromatic amines is 1. The summed E-state index contributed by atoms with van der Waals surface area (Å²) in [4.78, 5) is 154. The molecule has 578 valence electrons. The van der Waals surface area contributed by atoms with E-state index in [-0.39, 0.29) is 65.8 Å². The summed E-state index contributed by atoms with van der Waals surface area (Å²) in [6.07, 6.45) is -4.24. The molecule has 0 saturated carbocycles. The van der Waals surface area contributed by atoms with Gasteiger partial charge in [-0.3, -0.25) is 56.9 Å². The van der Waals surface area contributed by atoms with Crippen LogP contribution >= 0.6 is 11.8 Å². The first-order valence-electron chi connectivity index (χ1n) is 34.3. The molecule has 37 heteroatoms. The normalized spacial score (nSPS) is 22.7. The molecule has 103 heavy (non-hydrogen) atoms. The fourth-order valence-corrected chi connectivity index (χ4v) is 13.6. The maximum atomic E-state index is 15.3. The number of carbonyl (C=O) groups excluding carboxylic acids is 10. The fraction of sp³-hybridized carbons (Fsp3) is 0.682. The van der Waals surface area contributed by atoms with E-state index < -0.39 is 206 Å². The molecule has 4 heterocycles. The monoisotopic (exact) mass is 1500 g/mol. The van der Waals surface area contributed by atoms with Gasteiger partial charge in [-0.2, -0.15) is 11.8 Å². The summed E-state index contributed by atoms with van der Waals surface area (Å²) < 4.78 is 54.3. The number of aliphatic hydroxyl groups excluding tert-OH is 3. The van der Waals surface area contributed by atoms with E-state index in [4.69, 9.17) is 49.7 Å². The molecule has 3 aliphatic rings. The lowest BCUT2D eigenvalue weighted by molar-refractivity contribution is -0.144. The van der Waals surface area contributed by atoms with Gasteiger partial charge >= 0.3 is 5.97 Å². The second-order valence-corrected chi connectivity index (χ2v) is 27.8. The summed E-state index contributed by atoms with van der Waals surface area (Å²) >= 11 is 1.35. The number of hydrogen-bond acceptors (Lipinski definition) is 26. The number of carboxylic acids is 1. The summed E-state index contributed by atoms with van der Waals surface area (Å²) in [5, 5.41) is 70.5. The Balaban J connectivity index is 1.19. The van der Waals surface area contributed by atoms with E-state index in [1.807, 2.05) is 0 Å². The zero-order valence-electron chi connectivity index (χ0n) is 58.7. The second-order valence-electron chi connectivity index (χ2n) is 25.2. The van der Waals surface area contributed by atoms with Gasteiger partial charge in [0.1, 0.15) is 28.9 Å². The number of fused-ring (bicyclic) bond motifs is 5. The number of aromatic nitrogens is 1. The lowest BCUT2D eigenvalue weighted by atomic mass is 9.85. The van der Waals surface area contributed by atoms with Gasteiger partial charge in [0, 0.05) is 90.4 Å². The standard InChI is InChI=1S/C66H103N11O24S2/c1-5-38(2)46-27-43(79)32-71-61(89)41-25-47-45-6-7-52(81)48(36-102-23-22-101-21-20-100-19-18-99-17-16-98-15-14-97-13-12-96-11-10-95-9-8-69-30-42(67)31-70-60(88)39(3)24-57(86)87)59(45)76-65(47)103(94)37-50(73-56(85)33-72-62(46)90)63(91)74-49(29-55(68)84)66(93)77-34-44(80)28-51(77)64(92)75-58(53(82)26-41)40(4)54(83)35-78/h6-7,30,38-41,44,46,49-51,54,58,69,76,78,80-81,83H,5,8-29,31-37,67H2,1-4H3,(H2,68,84)(H,70,88)(H,71,89)(H,72,90)(H,73,85)(H,74,91)(H,75,92)(H,86,87)/b42-30-/t38-,39?,40-,41+,44+,46-,49-,50?,51-,54-,58-,103?/m0/s1. The van der Waals surface area contributed by atoms with Crippen LogP contribution in [0.15, 0.2) is 29.1 Å². The average Bonchev–Trinajstić information content (AvgIpc) is 1.62. The SMILES string of the molecule is CC[C@H](C)[C@@H]1CC(=O)CNC(=O)[C@H]2CC(=O)[C@H]([C@@H](C)[C@@H](O)CO)NC(=O)[C@@H]3C[C@@H](O)CN3C(=O)[C@H](CC(N)=O)NC(=O)C(CS(=O)c3[nH]c4c(CSCCOCCOCCOCCOCCOCCOCCOCCN/C=C(\N)CNC(=O)C(C)CC(=O)O)c(O)ccc4c3C2)NC(=O)CNC1=O. The van der Waals surface area contributed by atoms with Crippen molar-refractivity contribution < 1.29 is 116 Å². The number of H-pyrrole nitrogens is 1. The summed E-state index contributed by atoms with van der Waals surface area (Å²) in [7, 11) is -2.45. The minimum atomic E-state index is -2.45. The fourth-order valence-electron chi connectivity index (χ4n) is 11.3. The van der Waals surface area contributed by atoms with Gasteiger partial charge in [0.25, 0.3) is 0 Å². The zero-order valence-corrected chi connectivity index (χ0v) is 60.3. The van der Waals surface area contributed by atoms with Crippen LogP contribution in [0.3, 0.4) is 0 Å². The van der Waals surface area contributed by atoms with Crippen LogP contribution in [-0.2, 0) is 109 Å². The number of aromatic hydroxyl groups is 1. The number of Topliss-reactive ketones (excluding diaryl/α,β-unsaturated/α-hetero) is 2. The predicted molar refractivity (Wildman–Crippen MR) is 371 cm³/mol. The largest absolute Gasteiger partial charge is 0.508 e. The van der Waals surface area contributed by atoms with E-state index in [1.165, 1.54) is 37.7 Å². The zero-order chi connectivity index (χ0) is 75.5. The number of phenolic OH excluding ortho intramolecular Hbond substituents is 1. The van der Waals surface area contributed by atoms with Crippen molar-refractivity contribution >= 4 is 98.3 Å². The Kier molecular flexibility index (Phi) is 38.3. The molecule has 2 aromatic rings. The molecule has 1 fully saturated rings. The van der Waals surface area contributed by atoms with Crippen molar-refractivity contribution in [2.45, 2.75) is 120 Å². The van der Waals surface area contributed by atoms with Gasteiger partial charge < -0.3 is 117 Å². The first-order chi connectivity index (χ1) is 49.2. The number of benzene rings is 1. The highest BCUT2D eigenvalue weighted by Crippen LogP contribution is 2.37. The summed E-state index contributed by atoms with van der Waals surface area (Å²) in [5.41, 5.74) is 12.5. The average molecular weight is 1500 g/mol. The van der Waals surface area contributed by atoms with Crippen LogP contribution in [0.2, 0.25) is 0 Å². The predicted octanol–water partition coefficient (Wildman–Crippen LogP) is -3.77. The van der Waals surface area contributed by atoms with Gasteiger partial charge in [-0.25, -0.2) is 0 Å². The van der Waals surface area contributed by atoms with Gasteiger partial charge in [0.05, 0.1) is 172 Å². The Morgan fingerprint density at radius 1 is 0.777 bits per heavy atom. The molecule has 3 aliphatic heterocycles. The number of aliphatic carboxylic acids is 1. The highest BCUT2D eigenvalue weighted by molar-refractivity contribution is 7.98. The first-order valence-corrected chi connectivity index (χ1v) is 36.8. The Morgan fingerprint density at radius 3 is 1.97 bits per heavy atom. The molecular formula is C66H103N11O24S2. The molecule has 35 nitrogen and oxygen atoms in total. The molecule has 1 saturated heterocycles. The number of thioether (sulfide) groups is 1. The van der Waals surface area contributed by atoms with Gasteiger partial charge in [-0.1, -0.05) is 34.1 Å². The van der Waals surface area contributed by atoms with Crippen LogP contribution in [0, 0.1) is 29.6 Å². The minimum absolute atomic E-state index is 0.0817. The number of ether oxygens (including phenoxy) is 7. The van der Waals surface area contributed by atoms with Gasteiger partial charge in [0.2, 0.25) is 47.3 Å². The number of nitrogens with zero attached hydrogens (tertiary/aromatic N) is 1. The third-order valence-electron chi connectivity index (χ3n) is 17.4. The van der Waals surface area contributed by atoms with Crippen molar-refractivity contribution in [3.8, 4) is 5.75 Å². The molecule has 1 aromatic heterocycles. The number of nitrogens with one attached hydrogen (secondary N) is 8. The van der Waals surface area contributed by atoms with Crippen molar-refractivity contribution in [3.05, 3.63) is 35.2 Å². The third-order valence-corrected chi connectivity index (χ3v) is 19.8. The second kappa shape index (κ2) is 45.7. The highest BCUT2D eigenvalue weighted by Gasteiger charge is 2.45. The van der Waals surface area contributed by atoms with E-state index in [1.54, 1.807) is 20.0 Å². The number of ketones is 2. The van der Waals surface area contributed by atoms with Crippen molar-refractivity contribution in [1.29, 1.82) is 0 Å². The Hall–Kier alpha value is -7.43. The number of rotatable bonds is 39. The minimum Gasteiger partial charge on any atom is -0.508 e. The Labute approximate surface area is 603 Å².